The van der Waals surface area contributed by atoms with Gasteiger partial charge in [0.2, 0.25) is 0 Å². The van der Waals surface area contributed by atoms with Crippen molar-refractivity contribution in [1.82, 2.24) is 20.4 Å². The predicted octanol–water partition coefficient (Wildman–Crippen LogP) is 1.48. The Labute approximate surface area is 97.2 Å². The minimum Gasteiger partial charge on any atom is -0.397 e. The number of nitrogens with one attached hydrogen (secondary N) is 3. The first kappa shape index (κ1) is 9.71. The molecule has 6 heteroatoms. The molecular weight excluding hydrogens is 216 g/mol. The van der Waals surface area contributed by atoms with Crippen LogP contribution in [0.4, 0.5) is 11.4 Å². The highest BCUT2D eigenvalue weighted by molar-refractivity contribution is 5.88. The van der Waals surface area contributed by atoms with Crippen LogP contribution < -0.4 is 11.1 Å². The van der Waals surface area contributed by atoms with Gasteiger partial charge in [-0.25, -0.2) is 0 Å². The Hall–Kier alpha value is -2.50. The van der Waals surface area contributed by atoms with Gasteiger partial charge in [0, 0.05) is 23.7 Å². The first-order chi connectivity index (χ1) is 8.33. The summed E-state index contributed by atoms with van der Waals surface area (Å²) in [4.78, 5) is 0. The van der Waals surface area contributed by atoms with Crippen molar-refractivity contribution >= 4 is 22.3 Å². The van der Waals surface area contributed by atoms with Crippen molar-refractivity contribution in [3.8, 4) is 0 Å². The Morgan fingerprint density at radius 1 is 1.24 bits per heavy atom. The molecule has 0 aliphatic carbocycles. The third-order valence-corrected chi connectivity index (χ3v) is 2.65. The molecule has 3 aromatic rings. The molecule has 0 unspecified atom stereocenters. The molecule has 5 N–H and O–H groups in total. The molecule has 0 spiro atoms. The average Bonchev–Trinajstić information content (AvgIpc) is 2.95. The predicted molar refractivity (Wildman–Crippen MR) is 66.4 cm³/mol. The number of hydrogen-bond acceptors (Lipinski definition) is 4. The van der Waals surface area contributed by atoms with Crippen molar-refractivity contribution < 1.29 is 0 Å². The van der Waals surface area contributed by atoms with Gasteiger partial charge in [0.05, 0.1) is 29.3 Å². The fourth-order valence-corrected chi connectivity index (χ4v) is 1.73. The SMILES string of the molecule is Nc1cc2cn[nH]c2cc1NCc1cn[nH]c1. The zero-order valence-electron chi connectivity index (χ0n) is 9.07. The summed E-state index contributed by atoms with van der Waals surface area (Å²) >= 11 is 0. The highest BCUT2D eigenvalue weighted by Gasteiger charge is 2.03. The van der Waals surface area contributed by atoms with E-state index < -0.39 is 0 Å². The normalized spacial score (nSPS) is 10.8. The van der Waals surface area contributed by atoms with Gasteiger partial charge in [0.15, 0.2) is 0 Å². The fourth-order valence-electron chi connectivity index (χ4n) is 1.73. The molecule has 0 fully saturated rings. The van der Waals surface area contributed by atoms with E-state index in [2.05, 4.69) is 25.7 Å². The van der Waals surface area contributed by atoms with E-state index in [9.17, 15) is 0 Å². The number of benzene rings is 1. The largest absolute Gasteiger partial charge is 0.397 e. The van der Waals surface area contributed by atoms with E-state index in [1.165, 1.54) is 0 Å². The van der Waals surface area contributed by atoms with E-state index in [-0.39, 0.29) is 0 Å². The van der Waals surface area contributed by atoms with Crippen LogP contribution in [0.5, 0.6) is 0 Å². The van der Waals surface area contributed by atoms with Gasteiger partial charge in [-0.3, -0.25) is 10.2 Å². The van der Waals surface area contributed by atoms with Crippen molar-refractivity contribution in [3.05, 3.63) is 36.3 Å². The van der Waals surface area contributed by atoms with Gasteiger partial charge in [0.25, 0.3) is 0 Å². The molecule has 86 valence electrons. The van der Waals surface area contributed by atoms with Crippen LogP contribution >= 0.6 is 0 Å². The number of aromatic amines is 2. The summed E-state index contributed by atoms with van der Waals surface area (Å²) in [6.07, 6.45) is 5.38. The summed E-state index contributed by atoms with van der Waals surface area (Å²) < 4.78 is 0. The summed E-state index contributed by atoms with van der Waals surface area (Å²) in [5.41, 5.74) is 9.60. The fraction of sp³-hybridized carbons (Fsp3) is 0.0909. The second kappa shape index (κ2) is 3.82. The maximum Gasteiger partial charge on any atom is 0.0672 e. The highest BCUT2D eigenvalue weighted by atomic mass is 15.1. The van der Waals surface area contributed by atoms with Crippen LogP contribution in [0.3, 0.4) is 0 Å². The Balaban J connectivity index is 1.86. The van der Waals surface area contributed by atoms with Gasteiger partial charge in [-0.1, -0.05) is 0 Å². The molecule has 1 aromatic carbocycles. The van der Waals surface area contributed by atoms with Crippen LogP contribution in [0.2, 0.25) is 0 Å². The van der Waals surface area contributed by atoms with Gasteiger partial charge in [0.1, 0.15) is 0 Å². The first-order valence-corrected chi connectivity index (χ1v) is 5.27. The molecule has 2 aromatic heterocycles. The summed E-state index contributed by atoms with van der Waals surface area (Å²) in [5, 5.41) is 17.8. The maximum atomic E-state index is 5.96. The highest BCUT2D eigenvalue weighted by Crippen LogP contribution is 2.24. The molecule has 0 bridgehead atoms. The van der Waals surface area contributed by atoms with Crippen molar-refractivity contribution in [1.29, 1.82) is 0 Å². The quantitative estimate of drug-likeness (QED) is 0.510. The molecule has 0 radical (unpaired) electrons. The molecule has 3 rings (SSSR count). The minimum absolute atomic E-state index is 0.681. The number of rotatable bonds is 3. The molecular formula is C11H12N6. The zero-order valence-corrected chi connectivity index (χ0v) is 9.07. The number of nitrogen functional groups attached to an aromatic ring is 1. The number of hydrogen-bond donors (Lipinski definition) is 4. The number of nitrogens with zero attached hydrogens (tertiary/aromatic N) is 2. The first-order valence-electron chi connectivity index (χ1n) is 5.27. The van der Waals surface area contributed by atoms with Crippen molar-refractivity contribution in [2.24, 2.45) is 0 Å². The van der Waals surface area contributed by atoms with Crippen LogP contribution in [-0.4, -0.2) is 20.4 Å². The van der Waals surface area contributed by atoms with E-state index in [1.54, 1.807) is 12.4 Å². The molecule has 0 atom stereocenters. The van der Waals surface area contributed by atoms with Gasteiger partial charge in [-0.05, 0) is 12.1 Å². The van der Waals surface area contributed by atoms with Crippen LogP contribution in [0, 0.1) is 0 Å². The van der Waals surface area contributed by atoms with Crippen molar-refractivity contribution in [3.63, 3.8) is 0 Å². The molecule has 17 heavy (non-hydrogen) atoms. The molecule has 0 aliphatic rings. The lowest BCUT2D eigenvalue weighted by Crippen LogP contribution is -2.01. The number of fused-ring (bicyclic) bond motifs is 1. The third kappa shape index (κ3) is 1.80. The Bertz CT molecular complexity index is 625. The molecule has 0 amide bonds. The van der Waals surface area contributed by atoms with E-state index in [0.717, 1.165) is 22.2 Å². The Kier molecular flexibility index (Phi) is 2.18. The molecule has 0 aliphatic heterocycles. The van der Waals surface area contributed by atoms with E-state index in [0.29, 0.717) is 12.2 Å². The Morgan fingerprint density at radius 3 is 3.00 bits per heavy atom. The van der Waals surface area contributed by atoms with Crippen molar-refractivity contribution in [2.75, 3.05) is 11.1 Å². The lowest BCUT2D eigenvalue weighted by Gasteiger charge is -2.08. The molecule has 6 nitrogen and oxygen atoms in total. The topological polar surface area (TPSA) is 95.4 Å². The monoisotopic (exact) mass is 228 g/mol. The standard InChI is InChI=1S/C11H12N6/c12-9-1-8-6-16-17-10(8)2-11(9)13-3-7-4-14-15-5-7/h1-2,4-6,13H,3,12H2,(H,14,15)(H,16,17). The molecule has 0 saturated carbocycles. The summed E-state index contributed by atoms with van der Waals surface area (Å²) in [7, 11) is 0. The lowest BCUT2D eigenvalue weighted by atomic mass is 10.2. The Morgan fingerprint density at radius 2 is 2.18 bits per heavy atom. The average molecular weight is 228 g/mol. The third-order valence-electron chi connectivity index (χ3n) is 2.65. The number of aromatic nitrogens is 4. The van der Waals surface area contributed by atoms with Gasteiger partial charge < -0.3 is 11.1 Å². The summed E-state index contributed by atoms with van der Waals surface area (Å²) in [6.45, 7) is 0.681. The molecule has 0 saturated heterocycles. The van der Waals surface area contributed by atoms with Crippen LogP contribution in [0.1, 0.15) is 5.56 Å². The number of nitrogens with two attached hydrogens (primary N) is 1. The summed E-state index contributed by atoms with van der Waals surface area (Å²) in [6, 6.07) is 3.86. The van der Waals surface area contributed by atoms with Gasteiger partial charge in [-0.15, -0.1) is 0 Å². The molecule has 2 heterocycles. The maximum absolute atomic E-state index is 5.96. The smallest absolute Gasteiger partial charge is 0.0672 e. The second-order valence-electron chi connectivity index (χ2n) is 3.86. The summed E-state index contributed by atoms with van der Waals surface area (Å²) in [5.74, 6) is 0. The van der Waals surface area contributed by atoms with E-state index in [4.69, 9.17) is 5.73 Å². The lowest BCUT2D eigenvalue weighted by molar-refractivity contribution is 1.09. The zero-order chi connectivity index (χ0) is 11.7. The van der Waals surface area contributed by atoms with Crippen LogP contribution in [0.25, 0.3) is 10.9 Å². The van der Waals surface area contributed by atoms with Crippen LogP contribution in [0.15, 0.2) is 30.7 Å². The minimum atomic E-state index is 0.681. The van der Waals surface area contributed by atoms with Gasteiger partial charge >= 0.3 is 0 Å². The van der Waals surface area contributed by atoms with E-state index in [1.807, 2.05) is 18.3 Å². The van der Waals surface area contributed by atoms with E-state index >= 15 is 0 Å². The number of H-pyrrole nitrogens is 2. The number of anilines is 2. The second-order valence-corrected chi connectivity index (χ2v) is 3.86. The van der Waals surface area contributed by atoms with Crippen molar-refractivity contribution in [2.45, 2.75) is 6.54 Å². The van der Waals surface area contributed by atoms with Gasteiger partial charge in [-0.2, -0.15) is 10.2 Å². The van der Waals surface area contributed by atoms with Crippen LogP contribution in [-0.2, 0) is 6.54 Å².